The lowest BCUT2D eigenvalue weighted by Gasteiger charge is -2.23. The second-order valence-corrected chi connectivity index (χ2v) is 9.99. The number of hydrogen-bond acceptors (Lipinski definition) is 10. The zero-order chi connectivity index (χ0) is 25.8. The monoisotopic (exact) mass is 536 g/mol. The number of benzene rings is 1. The van der Waals surface area contributed by atoms with Crippen LogP contribution in [0.4, 0.5) is 9.93 Å². The van der Waals surface area contributed by atoms with Gasteiger partial charge in [0.2, 0.25) is 16.9 Å². The lowest BCUT2D eigenvalue weighted by molar-refractivity contribution is -0.122. The van der Waals surface area contributed by atoms with Crippen molar-refractivity contribution in [2.24, 2.45) is 11.7 Å². The summed E-state index contributed by atoms with van der Waals surface area (Å²) in [6.45, 7) is 0. The highest BCUT2D eigenvalue weighted by molar-refractivity contribution is 7.99. The number of thiazole rings is 1. The van der Waals surface area contributed by atoms with Crippen molar-refractivity contribution < 1.29 is 19.4 Å². The number of nitrogens with two attached hydrogens (primary N) is 1. The first kappa shape index (κ1) is 24.4. The van der Waals surface area contributed by atoms with Crippen LogP contribution in [-0.4, -0.2) is 46.9 Å². The van der Waals surface area contributed by atoms with Crippen molar-refractivity contribution in [3.63, 3.8) is 0 Å². The van der Waals surface area contributed by atoms with Crippen molar-refractivity contribution in [1.29, 1.82) is 0 Å². The highest BCUT2D eigenvalue weighted by atomic mass is 32.2. The third-order valence-corrected chi connectivity index (χ3v) is 7.20. The molecule has 0 bridgehead atoms. The molecule has 37 heavy (non-hydrogen) atoms. The van der Waals surface area contributed by atoms with Crippen molar-refractivity contribution in [2.45, 2.75) is 29.3 Å². The molecule has 1 aliphatic rings. The minimum absolute atomic E-state index is 0.0696. The molecular formula is C23H20N8O4S2. The van der Waals surface area contributed by atoms with Crippen LogP contribution < -0.4 is 15.8 Å². The maximum atomic E-state index is 12.2. The number of anilines is 1. The van der Waals surface area contributed by atoms with Crippen LogP contribution in [-0.2, 0) is 4.79 Å². The van der Waals surface area contributed by atoms with Gasteiger partial charge in [-0.3, -0.25) is 9.78 Å². The third-order valence-electron chi connectivity index (χ3n) is 5.34. The van der Waals surface area contributed by atoms with Crippen molar-refractivity contribution in [3.05, 3.63) is 54.9 Å². The van der Waals surface area contributed by atoms with E-state index in [1.54, 1.807) is 35.1 Å². The summed E-state index contributed by atoms with van der Waals surface area (Å²) in [5.41, 5.74) is 5.50. The minimum atomic E-state index is -1.33. The van der Waals surface area contributed by atoms with Crippen LogP contribution in [0.25, 0.3) is 15.9 Å². The Kier molecular flexibility index (Phi) is 7.09. The summed E-state index contributed by atoms with van der Waals surface area (Å²) in [5, 5.41) is 24.4. The summed E-state index contributed by atoms with van der Waals surface area (Å²) in [4.78, 5) is 30.6. The molecule has 12 nitrogen and oxygen atoms in total. The topological polar surface area (TPSA) is 171 Å². The van der Waals surface area contributed by atoms with E-state index in [2.05, 4.69) is 36.3 Å². The molecule has 1 aliphatic carbocycles. The number of nitrogens with one attached hydrogen (secondary N) is 1. The van der Waals surface area contributed by atoms with Gasteiger partial charge in [0.15, 0.2) is 10.8 Å². The van der Waals surface area contributed by atoms with Gasteiger partial charge in [-0.25, -0.2) is 9.78 Å². The number of carboxylic acid groups (broad SMARTS) is 1. The SMILES string of the molecule is NC(=O)O.O=C(Nc1nc2ccc(Sc3nnc4ccc(Oc5cccnc5)nn34)cc2s1)C1CCC1. The van der Waals surface area contributed by atoms with E-state index in [1.807, 2.05) is 24.3 Å². The summed E-state index contributed by atoms with van der Waals surface area (Å²) in [5.74, 6) is 1.22. The van der Waals surface area contributed by atoms with E-state index in [4.69, 9.17) is 14.6 Å². The first-order valence-electron chi connectivity index (χ1n) is 11.1. The van der Waals surface area contributed by atoms with Gasteiger partial charge in [-0.1, -0.05) is 17.8 Å². The molecule has 1 fully saturated rings. The van der Waals surface area contributed by atoms with E-state index in [-0.39, 0.29) is 11.8 Å². The first-order valence-corrected chi connectivity index (χ1v) is 12.8. The number of pyridine rings is 1. The Bertz CT molecular complexity index is 1570. The maximum Gasteiger partial charge on any atom is 0.402 e. The second kappa shape index (κ2) is 10.8. The molecule has 0 saturated heterocycles. The fraction of sp³-hybridized carbons (Fsp3) is 0.174. The maximum absolute atomic E-state index is 12.2. The lowest BCUT2D eigenvalue weighted by atomic mass is 9.85. The Labute approximate surface area is 217 Å². The average molecular weight is 537 g/mol. The smallest absolute Gasteiger partial charge is 0.402 e. The summed E-state index contributed by atoms with van der Waals surface area (Å²) in [7, 11) is 0. The first-order chi connectivity index (χ1) is 17.9. The van der Waals surface area contributed by atoms with Crippen LogP contribution in [0.3, 0.4) is 0 Å². The normalized spacial score (nSPS) is 13.0. The van der Waals surface area contributed by atoms with E-state index in [9.17, 15) is 4.79 Å². The number of fused-ring (bicyclic) bond motifs is 2. The van der Waals surface area contributed by atoms with Crippen LogP contribution in [0.2, 0.25) is 0 Å². The molecule has 188 valence electrons. The number of hydrogen-bond donors (Lipinski definition) is 3. The highest BCUT2D eigenvalue weighted by Crippen LogP contribution is 2.34. The standard InChI is InChI=1S/C22H17N7O2S2.CH3NO2/c30-20(13-3-1-4-13)25-21-24-16-7-6-15(11-17(16)33-21)32-22-27-26-18-8-9-19(28-29(18)22)31-14-5-2-10-23-12-14;2-1(3)4/h2,5-13H,1,3-4H2,(H,24,25,30);2H2,(H,3,4). The number of nitrogens with zero attached hydrogens (tertiary/aromatic N) is 6. The van der Waals surface area contributed by atoms with Crippen LogP contribution in [0.15, 0.2) is 64.9 Å². The molecule has 4 N–H and O–H groups in total. The van der Waals surface area contributed by atoms with E-state index in [1.165, 1.54) is 23.1 Å². The van der Waals surface area contributed by atoms with Gasteiger partial charge < -0.3 is 20.9 Å². The number of carbonyl (C=O) groups excluding carboxylic acids is 1. The van der Waals surface area contributed by atoms with Crippen molar-refractivity contribution in [3.8, 4) is 11.6 Å². The highest BCUT2D eigenvalue weighted by Gasteiger charge is 2.25. The Morgan fingerprint density at radius 1 is 1.19 bits per heavy atom. The number of ether oxygens (including phenoxy) is 1. The zero-order valence-corrected chi connectivity index (χ0v) is 20.8. The molecule has 2 amide bonds. The lowest BCUT2D eigenvalue weighted by Crippen LogP contribution is -2.27. The predicted molar refractivity (Wildman–Crippen MR) is 137 cm³/mol. The predicted octanol–water partition coefficient (Wildman–Crippen LogP) is 4.43. The number of aromatic nitrogens is 6. The molecule has 5 aromatic rings. The van der Waals surface area contributed by atoms with E-state index in [0.717, 1.165) is 34.4 Å². The summed E-state index contributed by atoms with van der Waals surface area (Å²) < 4.78 is 8.42. The number of primary amides is 1. The van der Waals surface area contributed by atoms with Gasteiger partial charge in [0, 0.05) is 23.1 Å². The van der Waals surface area contributed by atoms with Gasteiger partial charge in [-0.15, -0.1) is 15.3 Å². The molecular weight excluding hydrogens is 516 g/mol. The second-order valence-electron chi connectivity index (χ2n) is 7.92. The Morgan fingerprint density at radius 2 is 2.03 bits per heavy atom. The van der Waals surface area contributed by atoms with Crippen LogP contribution >= 0.6 is 23.1 Å². The van der Waals surface area contributed by atoms with E-state index in [0.29, 0.717) is 27.6 Å². The molecule has 0 atom stereocenters. The van der Waals surface area contributed by atoms with Crippen LogP contribution in [0, 0.1) is 5.92 Å². The number of carbonyl (C=O) groups is 2. The summed E-state index contributed by atoms with van der Waals surface area (Å²) in [6, 6.07) is 13.1. The molecule has 0 unspecified atom stereocenters. The molecule has 1 saturated carbocycles. The van der Waals surface area contributed by atoms with Gasteiger partial charge in [0.25, 0.3) is 0 Å². The average Bonchev–Trinajstić information content (AvgIpc) is 3.41. The van der Waals surface area contributed by atoms with Crippen LogP contribution in [0.5, 0.6) is 11.6 Å². The van der Waals surface area contributed by atoms with Gasteiger partial charge >= 0.3 is 6.09 Å². The molecule has 4 heterocycles. The van der Waals surface area contributed by atoms with Gasteiger partial charge in [0.05, 0.1) is 16.4 Å². The van der Waals surface area contributed by atoms with Gasteiger partial charge in [0.1, 0.15) is 5.75 Å². The van der Waals surface area contributed by atoms with Gasteiger partial charge in [-0.2, -0.15) is 4.52 Å². The van der Waals surface area contributed by atoms with Crippen molar-refractivity contribution >= 4 is 56.1 Å². The fourth-order valence-electron chi connectivity index (χ4n) is 3.40. The number of amides is 2. The van der Waals surface area contributed by atoms with E-state index < -0.39 is 6.09 Å². The molecule has 0 spiro atoms. The molecule has 0 aliphatic heterocycles. The Balaban J connectivity index is 0.000000655. The third kappa shape index (κ3) is 5.92. The summed E-state index contributed by atoms with van der Waals surface area (Å²) in [6.07, 6.45) is 5.03. The Hall–Kier alpha value is -4.30. The molecule has 4 aromatic heterocycles. The molecule has 6 rings (SSSR count). The summed E-state index contributed by atoms with van der Waals surface area (Å²) >= 11 is 2.92. The molecule has 1 aromatic carbocycles. The van der Waals surface area contributed by atoms with Gasteiger partial charge in [-0.05, 0) is 61.0 Å². The molecule has 14 heteroatoms. The number of rotatable bonds is 6. The van der Waals surface area contributed by atoms with Crippen molar-refractivity contribution in [2.75, 3.05) is 5.32 Å². The van der Waals surface area contributed by atoms with Crippen molar-refractivity contribution in [1.82, 2.24) is 29.8 Å². The quantitative estimate of drug-likeness (QED) is 0.282. The minimum Gasteiger partial charge on any atom is -0.465 e. The molecule has 0 radical (unpaired) electrons. The fourth-order valence-corrected chi connectivity index (χ4v) is 5.21. The Morgan fingerprint density at radius 3 is 2.76 bits per heavy atom. The van der Waals surface area contributed by atoms with Crippen LogP contribution in [0.1, 0.15) is 19.3 Å². The largest absolute Gasteiger partial charge is 0.465 e. The zero-order valence-electron chi connectivity index (χ0n) is 19.1. The van der Waals surface area contributed by atoms with E-state index >= 15 is 0 Å².